The first-order chi connectivity index (χ1) is 11.8. The Bertz CT molecular complexity index is 724. The highest BCUT2D eigenvalue weighted by Crippen LogP contribution is 2.32. The lowest BCUT2D eigenvalue weighted by molar-refractivity contribution is 0.174. The van der Waals surface area contributed by atoms with Crippen LogP contribution in [0.1, 0.15) is 25.3 Å². The first kappa shape index (κ1) is 15.0. The van der Waals surface area contributed by atoms with Gasteiger partial charge in [-0.1, -0.05) is 13.0 Å². The van der Waals surface area contributed by atoms with Crippen molar-refractivity contribution in [3.8, 4) is 11.5 Å². The second-order valence-electron chi connectivity index (χ2n) is 6.37. The number of benzene rings is 1. The lowest BCUT2D eigenvalue weighted by atomic mass is 10.0. The molecule has 126 valence electrons. The lowest BCUT2D eigenvalue weighted by Gasteiger charge is -2.31. The molecule has 2 aliphatic heterocycles. The van der Waals surface area contributed by atoms with E-state index in [4.69, 9.17) is 9.47 Å². The highest BCUT2D eigenvalue weighted by molar-refractivity contribution is 5.46. The van der Waals surface area contributed by atoms with Gasteiger partial charge in [0.25, 0.3) is 0 Å². The third-order valence-electron chi connectivity index (χ3n) is 4.41. The molecule has 1 unspecified atom stereocenters. The van der Waals surface area contributed by atoms with E-state index in [0.29, 0.717) is 18.4 Å². The number of rotatable bonds is 4. The zero-order valence-corrected chi connectivity index (χ0v) is 13.7. The monoisotopic (exact) mass is 327 g/mol. The van der Waals surface area contributed by atoms with Crippen LogP contribution in [0.15, 0.2) is 24.4 Å². The maximum atomic E-state index is 5.40. The molecule has 0 spiro atoms. The summed E-state index contributed by atoms with van der Waals surface area (Å²) >= 11 is 0. The number of fused-ring (bicyclic) bond motifs is 1. The van der Waals surface area contributed by atoms with Crippen molar-refractivity contribution < 1.29 is 9.47 Å². The zero-order valence-electron chi connectivity index (χ0n) is 13.7. The van der Waals surface area contributed by atoms with Gasteiger partial charge in [-0.2, -0.15) is 10.1 Å². The molecule has 2 aliphatic rings. The van der Waals surface area contributed by atoms with Gasteiger partial charge in [-0.3, -0.25) is 0 Å². The van der Waals surface area contributed by atoms with Gasteiger partial charge in [-0.25, -0.2) is 0 Å². The van der Waals surface area contributed by atoms with Gasteiger partial charge in [-0.15, -0.1) is 5.10 Å². The molecule has 1 saturated heterocycles. The van der Waals surface area contributed by atoms with Crippen LogP contribution in [-0.2, 0) is 6.54 Å². The molecule has 1 aromatic carbocycles. The van der Waals surface area contributed by atoms with E-state index in [-0.39, 0.29) is 6.79 Å². The van der Waals surface area contributed by atoms with E-state index in [0.717, 1.165) is 36.0 Å². The normalized spacial score (nSPS) is 19.4. The van der Waals surface area contributed by atoms with Gasteiger partial charge in [-0.05, 0) is 36.5 Å². The van der Waals surface area contributed by atoms with Crippen LogP contribution in [0, 0.1) is 5.92 Å². The standard InChI is InChI=1S/C17H21N5O2/c1-12-3-2-6-22(10-12)16-9-19-21-17(20-16)18-8-13-4-5-14-15(7-13)24-11-23-14/h4-5,7,9,12H,2-3,6,8,10-11H2,1H3,(H,18,20,21). The second kappa shape index (κ2) is 6.51. The van der Waals surface area contributed by atoms with E-state index in [2.05, 4.69) is 32.3 Å². The number of anilines is 2. The number of aromatic nitrogens is 3. The first-order valence-electron chi connectivity index (χ1n) is 8.35. The molecule has 0 amide bonds. The van der Waals surface area contributed by atoms with Gasteiger partial charge in [0.05, 0.1) is 6.20 Å². The number of nitrogens with zero attached hydrogens (tertiary/aromatic N) is 4. The molecule has 3 heterocycles. The van der Waals surface area contributed by atoms with Crippen LogP contribution in [0.2, 0.25) is 0 Å². The Balaban J connectivity index is 1.42. The fourth-order valence-electron chi connectivity index (χ4n) is 3.15. The summed E-state index contributed by atoms with van der Waals surface area (Å²) in [5.74, 6) is 3.70. The number of hydrogen-bond donors (Lipinski definition) is 1. The summed E-state index contributed by atoms with van der Waals surface area (Å²) in [7, 11) is 0. The molecular weight excluding hydrogens is 306 g/mol. The Hall–Kier alpha value is -2.57. The Morgan fingerprint density at radius 3 is 3.12 bits per heavy atom. The van der Waals surface area contributed by atoms with Gasteiger partial charge in [0.1, 0.15) is 0 Å². The molecule has 0 bridgehead atoms. The number of nitrogens with one attached hydrogen (secondary N) is 1. The molecule has 0 aliphatic carbocycles. The molecule has 7 nitrogen and oxygen atoms in total. The van der Waals surface area contributed by atoms with E-state index < -0.39 is 0 Å². The molecule has 4 rings (SSSR count). The van der Waals surface area contributed by atoms with Crippen LogP contribution >= 0.6 is 0 Å². The molecule has 1 aromatic heterocycles. The second-order valence-corrected chi connectivity index (χ2v) is 6.37. The molecule has 2 aromatic rings. The van der Waals surface area contributed by atoms with E-state index in [1.54, 1.807) is 6.20 Å². The van der Waals surface area contributed by atoms with Gasteiger partial charge < -0.3 is 19.7 Å². The number of ether oxygens (including phenoxy) is 2. The minimum Gasteiger partial charge on any atom is -0.454 e. The minimum absolute atomic E-state index is 0.287. The van der Waals surface area contributed by atoms with E-state index in [9.17, 15) is 0 Å². The predicted octanol–water partition coefficient (Wildman–Crippen LogP) is 2.45. The van der Waals surface area contributed by atoms with E-state index in [1.807, 2.05) is 18.2 Å². The smallest absolute Gasteiger partial charge is 0.244 e. The fraction of sp³-hybridized carbons (Fsp3) is 0.471. The predicted molar refractivity (Wildman–Crippen MR) is 90.3 cm³/mol. The topological polar surface area (TPSA) is 72.4 Å². The summed E-state index contributed by atoms with van der Waals surface area (Å²) in [5.41, 5.74) is 1.08. The molecule has 0 saturated carbocycles. The largest absolute Gasteiger partial charge is 0.454 e. The third kappa shape index (κ3) is 3.20. The first-order valence-corrected chi connectivity index (χ1v) is 8.35. The molecule has 1 atom stereocenters. The van der Waals surface area contributed by atoms with Crippen LogP contribution in [-0.4, -0.2) is 35.1 Å². The Labute approximate surface area is 141 Å². The highest BCUT2D eigenvalue weighted by Gasteiger charge is 2.18. The van der Waals surface area contributed by atoms with Crippen molar-refractivity contribution in [2.45, 2.75) is 26.3 Å². The third-order valence-corrected chi connectivity index (χ3v) is 4.41. The average molecular weight is 327 g/mol. The summed E-state index contributed by atoms with van der Waals surface area (Å²) < 4.78 is 10.7. The summed E-state index contributed by atoms with van der Waals surface area (Å²) in [6, 6.07) is 5.90. The zero-order chi connectivity index (χ0) is 16.4. The summed E-state index contributed by atoms with van der Waals surface area (Å²) in [6.07, 6.45) is 4.22. The van der Waals surface area contributed by atoms with Crippen LogP contribution < -0.4 is 19.7 Å². The van der Waals surface area contributed by atoms with E-state index >= 15 is 0 Å². The average Bonchev–Trinajstić information content (AvgIpc) is 3.08. The Kier molecular flexibility index (Phi) is 4.06. The summed E-state index contributed by atoms with van der Waals surface area (Å²) in [4.78, 5) is 6.89. The van der Waals surface area contributed by atoms with Gasteiger partial charge in [0.2, 0.25) is 12.7 Å². The van der Waals surface area contributed by atoms with Crippen molar-refractivity contribution in [1.82, 2.24) is 15.2 Å². The number of piperidine rings is 1. The highest BCUT2D eigenvalue weighted by atomic mass is 16.7. The molecule has 1 fully saturated rings. The van der Waals surface area contributed by atoms with Crippen molar-refractivity contribution in [3.05, 3.63) is 30.0 Å². The van der Waals surface area contributed by atoms with Gasteiger partial charge in [0.15, 0.2) is 17.3 Å². The fourth-order valence-corrected chi connectivity index (χ4v) is 3.15. The molecule has 0 radical (unpaired) electrons. The Morgan fingerprint density at radius 1 is 1.29 bits per heavy atom. The van der Waals surface area contributed by atoms with Crippen LogP contribution in [0.25, 0.3) is 0 Å². The van der Waals surface area contributed by atoms with Crippen molar-refractivity contribution in [2.24, 2.45) is 5.92 Å². The van der Waals surface area contributed by atoms with Crippen LogP contribution in [0.3, 0.4) is 0 Å². The lowest BCUT2D eigenvalue weighted by Crippen LogP contribution is -2.35. The van der Waals surface area contributed by atoms with Crippen molar-refractivity contribution in [2.75, 3.05) is 30.1 Å². The SMILES string of the molecule is CC1CCCN(c2cnnc(NCc3ccc4c(c3)OCO4)n2)C1. The van der Waals surface area contributed by atoms with Crippen LogP contribution in [0.5, 0.6) is 11.5 Å². The summed E-state index contributed by atoms with van der Waals surface area (Å²) in [6.45, 7) is 5.23. The van der Waals surface area contributed by atoms with Crippen molar-refractivity contribution >= 4 is 11.8 Å². The van der Waals surface area contributed by atoms with E-state index in [1.165, 1.54) is 12.8 Å². The Morgan fingerprint density at radius 2 is 2.21 bits per heavy atom. The quantitative estimate of drug-likeness (QED) is 0.924. The molecule has 24 heavy (non-hydrogen) atoms. The molecule has 1 N–H and O–H groups in total. The van der Waals surface area contributed by atoms with Crippen LogP contribution in [0.4, 0.5) is 11.8 Å². The maximum Gasteiger partial charge on any atom is 0.244 e. The van der Waals surface area contributed by atoms with Gasteiger partial charge in [0, 0.05) is 19.6 Å². The van der Waals surface area contributed by atoms with Gasteiger partial charge >= 0.3 is 0 Å². The molecular formula is C17H21N5O2. The number of hydrogen-bond acceptors (Lipinski definition) is 7. The molecule has 7 heteroatoms. The van der Waals surface area contributed by atoms with Crippen molar-refractivity contribution in [3.63, 3.8) is 0 Å². The summed E-state index contributed by atoms with van der Waals surface area (Å²) in [5, 5.41) is 11.4. The van der Waals surface area contributed by atoms with Crippen molar-refractivity contribution in [1.29, 1.82) is 0 Å². The minimum atomic E-state index is 0.287. The maximum absolute atomic E-state index is 5.40.